The van der Waals surface area contributed by atoms with Crippen LogP contribution in [0, 0.1) is 3.57 Å². The molecule has 0 saturated carbocycles. The first-order valence-electron chi connectivity index (χ1n) is 4.15. The van der Waals surface area contributed by atoms with E-state index in [4.69, 9.17) is 5.73 Å². The molecule has 2 aromatic rings. The highest BCUT2D eigenvalue weighted by Crippen LogP contribution is 2.25. The Labute approximate surface area is 104 Å². The zero-order valence-corrected chi connectivity index (χ0v) is 11.0. The molecule has 1 heterocycles. The van der Waals surface area contributed by atoms with Crippen LogP contribution in [0.2, 0.25) is 0 Å². The Hall–Kier alpha value is -0.200. The van der Waals surface area contributed by atoms with E-state index >= 15 is 0 Å². The lowest BCUT2D eigenvalue weighted by Gasteiger charge is -2.03. The summed E-state index contributed by atoms with van der Waals surface area (Å²) < 4.78 is 2.22. The number of nitrogens with two attached hydrogens (primary N) is 1. The van der Waals surface area contributed by atoms with Crippen LogP contribution < -0.4 is 5.73 Å². The number of hydrogen-bond donors (Lipinski definition) is 1. The van der Waals surface area contributed by atoms with Crippen LogP contribution in [0.3, 0.4) is 0 Å². The van der Waals surface area contributed by atoms with Crippen LogP contribution in [-0.2, 0) is 6.54 Å². The SMILES string of the molecule is NCc1ccc2cc(I)cc(Br)c2n1. The molecule has 0 radical (unpaired) electrons. The number of pyridine rings is 1. The zero-order valence-electron chi connectivity index (χ0n) is 7.30. The maximum Gasteiger partial charge on any atom is 0.0848 e. The van der Waals surface area contributed by atoms with E-state index in [-0.39, 0.29) is 0 Å². The van der Waals surface area contributed by atoms with Crippen molar-refractivity contribution in [2.24, 2.45) is 5.73 Å². The molecule has 2 N–H and O–H groups in total. The molecule has 1 aromatic carbocycles. The lowest BCUT2D eigenvalue weighted by Crippen LogP contribution is -1.99. The van der Waals surface area contributed by atoms with Crippen LogP contribution in [0.1, 0.15) is 5.69 Å². The Bertz CT molecular complexity index is 485. The van der Waals surface area contributed by atoms with Gasteiger partial charge in [-0.2, -0.15) is 0 Å². The molecule has 0 amide bonds. The molecule has 72 valence electrons. The fourth-order valence-electron chi connectivity index (χ4n) is 1.31. The number of fused-ring (bicyclic) bond motifs is 1. The summed E-state index contributed by atoms with van der Waals surface area (Å²) in [5, 5.41) is 1.14. The summed E-state index contributed by atoms with van der Waals surface area (Å²) in [6.07, 6.45) is 0. The maximum absolute atomic E-state index is 5.54. The van der Waals surface area contributed by atoms with Crippen molar-refractivity contribution in [3.63, 3.8) is 0 Å². The topological polar surface area (TPSA) is 38.9 Å². The van der Waals surface area contributed by atoms with Gasteiger partial charge in [-0.05, 0) is 56.7 Å². The summed E-state index contributed by atoms with van der Waals surface area (Å²) in [5.41, 5.74) is 7.44. The molecule has 0 aliphatic rings. The first kappa shape index (κ1) is 10.3. The summed E-state index contributed by atoms with van der Waals surface area (Å²) >= 11 is 5.79. The monoisotopic (exact) mass is 362 g/mol. The predicted octanol–water partition coefficient (Wildman–Crippen LogP) is 3.06. The number of benzene rings is 1. The van der Waals surface area contributed by atoms with Crippen LogP contribution in [0.25, 0.3) is 10.9 Å². The van der Waals surface area contributed by atoms with E-state index in [2.05, 4.69) is 61.7 Å². The van der Waals surface area contributed by atoms with Gasteiger partial charge in [0.1, 0.15) is 0 Å². The van der Waals surface area contributed by atoms with Gasteiger partial charge in [0.05, 0.1) is 11.2 Å². The van der Waals surface area contributed by atoms with Crippen molar-refractivity contribution >= 4 is 49.4 Å². The quantitative estimate of drug-likeness (QED) is 0.792. The first-order chi connectivity index (χ1) is 6.70. The lowest BCUT2D eigenvalue weighted by atomic mass is 10.2. The summed E-state index contributed by atoms with van der Waals surface area (Å²) in [4.78, 5) is 4.46. The second kappa shape index (κ2) is 4.12. The zero-order chi connectivity index (χ0) is 10.1. The standard InChI is InChI=1S/C10H8BrIN2/c11-9-4-7(12)3-6-1-2-8(5-13)14-10(6)9/h1-4H,5,13H2. The normalized spacial score (nSPS) is 10.8. The summed E-state index contributed by atoms with van der Waals surface area (Å²) in [7, 11) is 0. The van der Waals surface area contributed by atoms with Crippen LogP contribution >= 0.6 is 38.5 Å². The van der Waals surface area contributed by atoms with E-state index in [1.54, 1.807) is 0 Å². The molecule has 2 nitrogen and oxygen atoms in total. The molecule has 0 aliphatic heterocycles. The van der Waals surface area contributed by atoms with Crippen molar-refractivity contribution in [3.8, 4) is 0 Å². The molecule has 4 heteroatoms. The van der Waals surface area contributed by atoms with Crippen molar-refractivity contribution in [1.29, 1.82) is 0 Å². The summed E-state index contributed by atoms with van der Waals surface area (Å²) in [6, 6.07) is 8.17. The number of rotatable bonds is 1. The Kier molecular flexibility index (Phi) is 3.04. The van der Waals surface area contributed by atoms with Gasteiger partial charge in [-0.3, -0.25) is 4.98 Å². The second-order valence-electron chi connectivity index (χ2n) is 2.97. The van der Waals surface area contributed by atoms with Gasteiger partial charge >= 0.3 is 0 Å². The van der Waals surface area contributed by atoms with Crippen molar-refractivity contribution in [3.05, 3.63) is 38.0 Å². The molecule has 0 fully saturated rings. The number of halogens is 2. The van der Waals surface area contributed by atoms with Gasteiger partial charge in [-0.25, -0.2) is 0 Å². The van der Waals surface area contributed by atoms with E-state index in [1.807, 2.05) is 6.07 Å². The number of aromatic nitrogens is 1. The van der Waals surface area contributed by atoms with Crippen molar-refractivity contribution in [2.45, 2.75) is 6.54 Å². The average molecular weight is 363 g/mol. The van der Waals surface area contributed by atoms with Crippen LogP contribution in [-0.4, -0.2) is 4.98 Å². The van der Waals surface area contributed by atoms with Gasteiger partial charge in [0.25, 0.3) is 0 Å². The van der Waals surface area contributed by atoms with E-state index in [1.165, 1.54) is 3.57 Å². The van der Waals surface area contributed by atoms with E-state index in [9.17, 15) is 0 Å². The smallest absolute Gasteiger partial charge is 0.0848 e. The lowest BCUT2D eigenvalue weighted by molar-refractivity contribution is 1.01. The molecule has 0 unspecified atom stereocenters. The molecule has 0 spiro atoms. The third kappa shape index (κ3) is 1.92. The van der Waals surface area contributed by atoms with Gasteiger partial charge in [0.2, 0.25) is 0 Å². The minimum Gasteiger partial charge on any atom is -0.325 e. The van der Waals surface area contributed by atoms with Gasteiger partial charge in [-0.1, -0.05) is 6.07 Å². The van der Waals surface area contributed by atoms with Crippen LogP contribution in [0.4, 0.5) is 0 Å². The van der Waals surface area contributed by atoms with E-state index in [0.717, 1.165) is 21.1 Å². The number of nitrogens with zero attached hydrogens (tertiary/aromatic N) is 1. The minimum atomic E-state index is 0.481. The highest BCUT2D eigenvalue weighted by Gasteiger charge is 2.02. The van der Waals surface area contributed by atoms with Crippen LogP contribution in [0.5, 0.6) is 0 Å². The molecule has 2 rings (SSSR count). The Morgan fingerprint density at radius 3 is 2.86 bits per heavy atom. The molecular formula is C10H8BrIN2. The molecule has 1 aromatic heterocycles. The first-order valence-corrected chi connectivity index (χ1v) is 6.02. The van der Waals surface area contributed by atoms with Crippen molar-refractivity contribution < 1.29 is 0 Å². The fourth-order valence-corrected chi connectivity index (χ4v) is 2.95. The molecule has 0 saturated heterocycles. The third-order valence-electron chi connectivity index (χ3n) is 1.98. The Morgan fingerprint density at radius 1 is 1.36 bits per heavy atom. The van der Waals surface area contributed by atoms with E-state index < -0.39 is 0 Å². The summed E-state index contributed by atoms with van der Waals surface area (Å²) in [6.45, 7) is 0.481. The maximum atomic E-state index is 5.54. The van der Waals surface area contributed by atoms with Gasteiger partial charge in [-0.15, -0.1) is 0 Å². The third-order valence-corrected chi connectivity index (χ3v) is 3.20. The highest BCUT2D eigenvalue weighted by atomic mass is 127. The largest absolute Gasteiger partial charge is 0.325 e. The fraction of sp³-hybridized carbons (Fsp3) is 0.100. The second-order valence-corrected chi connectivity index (χ2v) is 5.07. The molecular weight excluding hydrogens is 355 g/mol. The van der Waals surface area contributed by atoms with Gasteiger partial charge < -0.3 is 5.73 Å². The van der Waals surface area contributed by atoms with Crippen molar-refractivity contribution in [2.75, 3.05) is 0 Å². The Morgan fingerprint density at radius 2 is 2.14 bits per heavy atom. The predicted molar refractivity (Wildman–Crippen MR) is 70.1 cm³/mol. The van der Waals surface area contributed by atoms with Gasteiger partial charge in [0.15, 0.2) is 0 Å². The Balaban J connectivity index is 2.75. The minimum absolute atomic E-state index is 0.481. The summed E-state index contributed by atoms with van der Waals surface area (Å²) in [5.74, 6) is 0. The van der Waals surface area contributed by atoms with Crippen molar-refractivity contribution in [1.82, 2.24) is 4.98 Å². The highest BCUT2D eigenvalue weighted by molar-refractivity contribution is 14.1. The van der Waals surface area contributed by atoms with Gasteiger partial charge in [0, 0.05) is 20.0 Å². The average Bonchev–Trinajstić information content (AvgIpc) is 2.17. The van der Waals surface area contributed by atoms with Crippen LogP contribution in [0.15, 0.2) is 28.7 Å². The molecule has 14 heavy (non-hydrogen) atoms. The van der Waals surface area contributed by atoms with E-state index in [0.29, 0.717) is 6.54 Å². The molecule has 0 aliphatic carbocycles. The number of hydrogen-bond acceptors (Lipinski definition) is 2. The molecule has 0 atom stereocenters. The molecule has 0 bridgehead atoms.